The Hall–Kier alpha value is -3.24. The second kappa shape index (κ2) is 8.27. The fraction of sp³-hybridized carbons (Fsp3) is 0.391. The van der Waals surface area contributed by atoms with Crippen molar-refractivity contribution in [3.63, 3.8) is 0 Å². The Morgan fingerprint density at radius 1 is 1.24 bits per heavy atom. The molecule has 5 atom stereocenters. The molecule has 8 nitrogen and oxygen atoms in total. The van der Waals surface area contributed by atoms with E-state index in [1.165, 1.54) is 29.4 Å². The Labute approximate surface area is 188 Å². The van der Waals surface area contributed by atoms with Crippen LogP contribution in [-0.4, -0.2) is 67.7 Å². The molecular weight excluding hydrogens is 432 g/mol. The van der Waals surface area contributed by atoms with Gasteiger partial charge in [-0.1, -0.05) is 18.2 Å². The molecule has 10 heteroatoms. The average Bonchev–Trinajstić information content (AvgIpc) is 3.49. The first kappa shape index (κ1) is 21.6. The van der Waals surface area contributed by atoms with Gasteiger partial charge in [-0.15, -0.1) is 0 Å². The molecule has 5 rings (SSSR count). The van der Waals surface area contributed by atoms with Crippen LogP contribution in [0.1, 0.15) is 34.8 Å². The van der Waals surface area contributed by atoms with Crippen LogP contribution in [0.25, 0.3) is 0 Å². The van der Waals surface area contributed by atoms with Gasteiger partial charge in [-0.05, 0) is 30.2 Å². The number of nitrogens with zero attached hydrogens (tertiary/aromatic N) is 4. The third-order valence-corrected chi connectivity index (χ3v) is 6.40. The Morgan fingerprint density at radius 2 is 2.06 bits per heavy atom. The van der Waals surface area contributed by atoms with Crippen molar-refractivity contribution in [2.24, 2.45) is 4.99 Å². The summed E-state index contributed by atoms with van der Waals surface area (Å²) in [6, 6.07) is 3.07. The summed E-state index contributed by atoms with van der Waals surface area (Å²) in [5.41, 5.74) is 2.36. The largest absolute Gasteiger partial charge is 0.388 e. The van der Waals surface area contributed by atoms with Crippen molar-refractivity contribution in [2.75, 3.05) is 11.9 Å². The van der Waals surface area contributed by atoms with E-state index in [1.807, 2.05) is 0 Å². The number of nitrogens with one attached hydrogen (secondary N) is 1. The van der Waals surface area contributed by atoms with E-state index < -0.39 is 42.2 Å². The number of rotatable bonds is 4. The fourth-order valence-corrected chi connectivity index (χ4v) is 4.68. The number of amides is 1. The molecule has 1 aromatic heterocycles. The van der Waals surface area contributed by atoms with Gasteiger partial charge in [0.1, 0.15) is 42.1 Å². The van der Waals surface area contributed by atoms with Crippen LogP contribution >= 0.6 is 0 Å². The molecule has 172 valence electrons. The molecule has 0 unspecified atom stereocenters. The molecule has 3 heterocycles. The van der Waals surface area contributed by atoms with Gasteiger partial charge in [-0.25, -0.2) is 18.7 Å². The maximum Gasteiger partial charge on any atom is 0.273 e. The predicted molar refractivity (Wildman–Crippen MR) is 116 cm³/mol. The number of hydrogen-bond donors (Lipinski definition) is 3. The monoisotopic (exact) mass is 455 g/mol. The summed E-state index contributed by atoms with van der Waals surface area (Å²) >= 11 is 0. The van der Waals surface area contributed by atoms with Gasteiger partial charge >= 0.3 is 0 Å². The molecule has 1 fully saturated rings. The first-order valence-corrected chi connectivity index (χ1v) is 10.7. The number of carbonyl (C=O) groups is 1. The number of fused-ring (bicyclic) bond motifs is 1. The van der Waals surface area contributed by atoms with Crippen molar-refractivity contribution in [3.05, 3.63) is 64.9 Å². The molecular formula is C23H23F2N5O3. The number of hydrogen-bond acceptors (Lipinski definition) is 7. The SMILES string of the molecule is Cc1ccc(F)cc1[C@H]1C[C@H](F)CN1C(=O)C1=NCc2ncnc(N[C@@H]3C=C[C@@H](O)[C@H]3O)c21. The number of likely N-dealkylation sites (tertiary alicyclic amines) is 1. The number of aromatic nitrogens is 2. The second-order valence-electron chi connectivity index (χ2n) is 8.55. The molecule has 1 saturated heterocycles. The molecule has 0 saturated carbocycles. The highest BCUT2D eigenvalue weighted by Crippen LogP contribution is 2.37. The number of aliphatic hydroxyl groups excluding tert-OH is 2. The van der Waals surface area contributed by atoms with Gasteiger partial charge in [0.05, 0.1) is 36.4 Å². The first-order valence-electron chi connectivity index (χ1n) is 10.7. The molecule has 0 radical (unpaired) electrons. The molecule has 33 heavy (non-hydrogen) atoms. The van der Waals surface area contributed by atoms with Crippen LogP contribution in [0.2, 0.25) is 0 Å². The number of halogens is 2. The number of benzene rings is 1. The summed E-state index contributed by atoms with van der Waals surface area (Å²) in [5.74, 6) is -0.635. The quantitative estimate of drug-likeness (QED) is 0.605. The molecule has 2 aromatic rings. The van der Waals surface area contributed by atoms with Gasteiger partial charge in [0, 0.05) is 6.42 Å². The summed E-state index contributed by atoms with van der Waals surface area (Å²) < 4.78 is 28.4. The van der Waals surface area contributed by atoms with Gasteiger partial charge in [-0.3, -0.25) is 9.79 Å². The highest BCUT2D eigenvalue weighted by molar-refractivity contribution is 6.47. The zero-order valence-corrected chi connectivity index (χ0v) is 17.8. The standard InChI is InChI=1S/C23H23F2N5O3/c1-11-2-3-12(24)6-14(11)17-7-13(25)9-30(17)23(33)20-19-16(8-26-20)27-10-28-22(19)29-15-4-5-18(31)21(15)32/h2-6,10,13,15,17-18,21,31-32H,7-9H2,1H3,(H,27,28,29)/t13-,15+,17+,18+,21-/m0/s1. The van der Waals surface area contributed by atoms with Crippen LogP contribution in [0.15, 0.2) is 41.7 Å². The van der Waals surface area contributed by atoms with Gasteiger partial charge in [0.2, 0.25) is 0 Å². The Kier molecular flexibility index (Phi) is 5.41. The number of aliphatic hydroxyl groups is 2. The van der Waals surface area contributed by atoms with Gasteiger partial charge in [0.15, 0.2) is 0 Å². The summed E-state index contributed by atoms with van der Waals surface area (Å²) in [6.45, 7) is 1.84. The Bertz CT molecular complexity index is 1170. The summed E-state index contributed by atoms with van der Waals surface area (Å²) in [4.78, 5) is 27.8. The van der Waals surface area contributed by atoms with Crippen LogP contribution in [0.4, 0.5) is 14.6 Å². The molecule has 0 bridgehead atoms. The molecule has 3 aliphatic rings. The fourth-order valence-electron chi connectivity index (χ4n) is 4.68. The third-order valence-electron chi connectivity index (χ3n) is 6.40. The molecule has 0 spiro atoms. The van der Waals surface area contributed by atoms with E-state index in [9.17, 15) is 23.8 Å². The van der Waals surface area contributed by atoms with Crippen LogP contribution in [0.5, 0.6) is 0 Å². The maximum atomic E-state index is 14.5. The van der Waals surface area contributed by atoms with E-state index in [0.717, 1.165) is 5.56 Å². The van der Waals surface area contributed by atoms with Crippen molar-refractivity contribution in [2.45, 2.75) is 50.4 Å². The smallest absolute Gasteiger partial charge is 0.273 e. The summed E-state index contributed by atoms with van der Waals surface area (Å²) in [6.07, 6.45) is 1.18. The van der Waals surface area contributed by atoms with E-state index in [0.29, 0.717) is 22.6 Å². The number of aryl methyl sites for hydroxylation is 1. The lowest BCUT2D eigenvalue weighted by molar-refractivity contribution is -0.125. The average molecular weight is 455 g/mol. The zero-order valence-electron chi connectivity index (χ0n) is 17.8. The van der Waals surface area contributed by atoms with E-state index in [1.54, 1.807) is 19.1 Å². The van der Waals surface area contributed by atoms with Crippen molar-refractivity contribution in [1.82, 2.24) is 14.9 Å². The molecule has 2 aliphatic heterocycles. The molecule has 1 amide bonds. The van der Waals surface area contributed by atoms with Gasteiger partial charge in [-0.2, -0.15) is 0 Å². The van der Waals surface area contributed by atoms with Crippen LogP contribution in [0, 0.1) is 12.7 Å². The van der Waals surface area contributed by atoms with Gasteiger partial charge < -0.3 is 20.4 Å². The van der Waals surface area contributed by atoms with E-state index in [4.69, 9.17) is 0 Å². The van der Waals surface area contributed by atoms with Crippen molar-refractivity contribution in [1.29, 1.82) is 0 Å². The van der Waals surface area contributed by atoms with Crippen molar-refractivity contribution in [3.8, 4) is 0 Å². The van der Waals surface area contributed by atoms with Crippen molar-refractivity contribution >= 4 is 17.4 Å². The highest BCUT2D eigenvalue weighted by Gasteiger charge is 2.41. The van der Waals surface area contributed by atoms with Gasteiger partial charge in [0.25, 0.3) is 5.91 Å². The summed E-state index contributed by atoms with van der Waals surface area (Å²) in [7, 11) is 0. The number of anilines is 1. The minimum Gasteiger partial charge on any atom is -0.388 e. The number of carbonyl (C=O) groups excluding carboxylic acids is 1. The lowest BCUT2D eigenvalue weighted by atomic mass is 9.98. The van der Waals surface area contributed by atoms with E-state index in [2.05, 4.69) is 20.3 Å². The highest BCUT2D eigenvalue weighted by atomic mass is 19.1. The first-order chi connectivity index (χ1) is 15.8. The third kappa shape index (κ3) is 3.79. The van der Waals surface area contributed by atoms with Crippen LogP contribution in [-0.2, 0) is 11.3 Å². The topological polar surface area (TPSA) is 111 Å². The normalized spacial score (nSPS) is 28.2. The lowest BCUT2D eigenvalue weighted by Gasteiger charge is -2.26. The summed E-state index contributed by atoms with van der Waals surface area (Å²) in [5, 5.41) is 23.0. The predicted octanol–water partition coefficient (Wildman–Crippen LogP) is 1.61. The molecule has 3 N–H and O–H groups in total. The zero-order chi connectivity index (χ0) is 23.3. The number of aliphatic imine (C=N–C) groups is 1. The molecule has 1 aliphatic carbocycles. The van der Waals surface area contributed by atoms with Crippen LogP contribution in [0.3, 0.4) is 0 Å². The van der Waals surface area contributed by atoms with E-state index in [-0.39, 0.29) is 25.2 Å². The second-order valence-corrected chi connectivity index (χ2v) is 8.55. The lowest BCUT2D eigenvalue weighted by Crippen LogP contribution is -2.38. The Balaban J connectivity index is 1.46. The minimum absolute atomic E-state index is 0.0729. The number of alkyl halides is 1. The minimum atomic E-state index is -1.24. The van der Waals surface area contributed by atoms with Crippen LogP contribution < -0.4 is 5.32 Å². The Morgan fingerprint density at radius 3 is 2.82 bits per heavy atom. The van der Waals surface area contributed by atoms with E-state index >= 15 is 0 Å². The maximum absolute atomic E-state index is 14.5. The van der Waals surface area contributed by atoms with Crippen molar-refractivity contribution < 1.29 is 23.8 Å². The molecule has 1 aromatic carbocycles.